The van der Waals surface area contributed by atoms with Gasteiger partial charge in [0.1, 0.15) is 12.6 Å². The first-order valence-corrected chi connectivity index (χ1v) is 11.6. The Bertz CT molecular complexity index is 1160. The highest BCUT2D eigenvalue weighted by Gasteiger charge is 2.60. The first-order valence-electron chi connectivity index (χ1n) is 9.33. The number of aromatic nitrogens is 3. The molecule has 32 heavy (non-hydrogen) atoms. The summed E-state index contributed by atoms with van der Waals surface area (Å²) in [4.78, 5) is 43.3. The molecule has 1 aromatic carbocycles. The second kappa shape index (κ2) is 8.40. The smallest absolute Gasteiger partial charge is 0.362 e. The zero-order chi connectivity index (χ0) is 23.0. The van der Waals surface area contributed by atoms with Crippen LogP contribution in [0.25, 0.3) is 0 Å². The van der Waals surface area contributed by atoms with E-state index in [0.29, 0.717) is 21.6 Å². The highest BCUT2D eigenvalue weighted by molar-refractivity contribution is 8.01. The summed E-state index contributed by atoms with van der Waals surface area (Å²) in [6.07, 6.45) is 0.131. The van der Waals surface area contributed by atoms with E-state index in [2.05, 4.69) is 15.2 Å². The Kier molecular flexibility index (Phi) is 5.79. The van der Waals surface area contributed by atoms with Crippen molar-refractivity contribution in [1.29, 1.82) is 0 Å². The van der Waals surface area contributed by atoms with E-state index in [1.807, 2.05) is 0 Å². The largest absolute Gasteiger partial charge is 0.460 e. The van der Waals surface area contributed by atoms with E-state index in [9.17, 15) is 27.4 Å². The molecular formula is C17H18N6O7S2. The number of nitrogens with two attached hydrogens (primary N) is 1. The average Bonchev–Trinajstić information content (AvgIpc) is 3.32. The molecule has 0 bridgehead atoms. The number of ether oxygens (including phenoxy) is 1. The van der Waals surface area contributed by atoms with Crippen LogP contribution in [0.15, 0.2) is 35.5 Å². The third kappa shape index (κ3) is 4.13. The normalized spacial score (nSPS) is 21.1. The van der Waals surface area contributed by atoms with E-state index in [1.165, 1.54) is 0 Å². The Morgan fingerprint density at radius 1 is 1.34 bits per heavy atom. The van der Waals surface area contributed by atoms with Gasteiger partial charge in [-0.15, -0.1) is 5.10 Å². The number of fused-ring (bicyclic) bond motifs is 1. The standard InChI is InChI=1S/C17H18N6O7S2/c18-16-19-17(21-20-16)31-12(15(26)30-8-9-4-2-1-3-5-9)14(25)22-7-6-10-11(22)13(24)23(10)32(27,28)29/h1-5,10-12H,6-8H2,(H,27,28,29)(H3,18,19,20,21)/t10-,11+,12?/m1/s1. The number of nitrogens with one attached hydrogen (secondary N) is 1. The van der Waals surface area contributed by atoms with Crippen molar-refractivity contribution in [3.05, 3.63) is 35.9 Å². The Morgan fingerprint density at radius 3 is 2.69 bits per heavy atom. The molecule has 3 atom stereocenters. The molecule has 4 N–H and O–H groups in total. The van der Waals surface area contributed by atoms with Crippen LogP contribution in [0.4, 0.5) is 5.95 Å². The highest BCUT2D eigenvalue weighted by Crippen LogP contribution is 2.37. The van der Waals surface area contributed by atoms with Crippen LogP contribution in [0.2, 0.25) is 0 Å². The SMILES string of the molecule is Nc1nc(SC(C(=O)OCc2ccccc2)C(=O)N2CC[C@@H]3[C@H]2C(=O)N3S(=O)(=O)O)n[nH]1. The molecule has 3 heterocycles. The molecule has 170 valence electrons. The molecule has 1 unspecified atom stereocenters. The fraction of sp³-hybridized carbons (Fsp3) is 0.353. The number of rotatable bonds is 7. The van der Waals surface area contributed by atoms with Gasteiger partial charge in [0, 0.05) is 6.54 Å². The Labute approximate surface area is 186 Å². The molecule has 0 saturated carbocycles. The van der Waals surface area contributed by atoms with E-state index < -0.39 is 45.4 Å². The van der Waals surface area contributed by atoms with E-state index in [4.69, 9.17) is 10.5 Å². The number of esters is 1. The maximum Gasteiger partial charge on any atom is 0.362 e. The Balaban J connectivity index is 1.52. The quantitative estimate of drug-likeness (QED) is 0.147. The number of anilines is 1. The van der Waals surface area contributed by atoms with Crippen molar-refractivity contribution in [3.8, 4) is 0 Å². The minimum Gasteiger partial charge on any atom is -0.460 e. The zero-order valence-corrected chi connectivity index (χ0v) is 18.0. The molecule has 0 spiro atoms. The van der Waals surface area contributed by atoms with Crippen molar-refractivity contribution in [3.63, 3.8) is 0 Å². The first-order chi connectivity index (χ1) is 15.2. The maximum atomic E-state index is 13.2. The molecule has 2 aromatic rings. The van der Waals surface area contributed by atoms with Gasteiger partial charge in [-0.3, -0.25) is 18.9 Å². The molecule has 2 amide bonds. The number of β-lactam (4-membered cyclic amide) rings is 1. The molecule has 2 fully saturated rings. The third-order valence-corrected chi connectivity index (χ3v) is 7.01. The number of nitrogen functional groups attached to an aromatic ring is 1. The molecule has 4 rings (SSSR count). The van der Waals surface area contributed by atoms with Gasteiger partial charge in [0.2, 0.25) is 17.0 Å². The molecule has 2 aliphatic rings. The number of amides is 2. The van der Waals surface area contributed by atoms with Crippen LogP contribution in [0.5, 0.6) is 0 Å². The number of carbonyl (C=O) groups excluding carboxylic acids is 3. The second-order valence-corrected chi connectivity index (χ2v) is 9.40. The maximum absolute atomic E-state index is 13.2. The summed E-state index contributed by atoms with van der Waals surface area (Å²) in [5.74, 6) is -2.59. The van der Waals surface area contributed by atoms with Crippen molar-refractivity contribution >= 4 is 45.8 Å². The van der Waals surface area contributed by atoms with Crippen LogP contribution >= 0.6 is 11.8 Å². The average molecular weight is 483 g/mol. The number of thioether (sulfide) groups is 1. The Hall–Kier alpha value is -3.17. The van der Waals surface area contributed by atoms with E-state index in [-0.39, 0.29) is 30.7 Å². The molecule has 1 aromatic heterocycles. The van der Waals surface area contributed by atoms with Gasteiger partial charge in [0.25, 0.3) is 5.91 Å². The van der Waals surface area contributed by atoms with Crippen LogP contribution < -0.4 is 5.73 Å². The lowest BCUT2D eigenvalue weighted by molar-refractivity contribution is -0.156. The van der Waals surface area contributed by atoms with Gasteiger partial charge in [-0.2, -0.15) is 13.4 Å². The van der Waals surface area contributed by atoms with Gasteiger partial charge in [-0.25, -0.2) is 9.40 Å². The van der Waals surface area contributed by atoms with E-state index >= 15 is 0 Å². The highest BCUT2D eigenvalue weighted by atomic mass is 32.2. The summed E-state index contributed by atoms with van der Waals surface area (Å²) in [5.41, 5.74) is 6.21. The number of carbonyl (C=O) groups is 3. The van der Waals surface area contributed by atoms with Crippen LogP contribution in [-0.4, -0.2) is 79.0 Å². The minimum absolute atomic E-state index is 0.0180. The van der Waals surface area contributed by atoms with Crippen molar-refractivity contribution in [2.45, 2.75) is 35.5 Å². The van der Waals surface area contributed by atoms with Crippen LogP contribution in [0.3, 0.4) is 0 Å². The minimum atomic E-state index is -4.73. The molecule has 13 nitrogen and oxygen atoms in total. The molecule has 2 aliphatic heterocycles. The topological polar surface area (TPSA) is 189 Å². The molecule has 15 heteroatoms. The second-order valence-electron chi connectivity index (χ2n) is 7.04. The van der Waals surface area contributed by atoms with Crippen molar-refractivity contribution < 1.29 is 32.1 Å². The van der Waals surface area contributed by atoms with Gasteiger partial charge >= 0.3 is 16.3 Å². The van der Waals surface area contributed by atoms with E-state index in [1.54, 1.807) is 30.3 Å². The number of hydrogen-bond acceptors (Lipinski definition) is 10. The van der Waals surface area contributed by atoms with Gasteiger partial charge in [0.15, 0.2) is 5.25 Å². The molecular weight excluding hydrogens is 464 g/mol. The van der Waals surface area contributed by atoms with Gasteiger partial charge in [-0.05, 0) is 12.0 Å². The lowest BCUT2D eigenvalue weighted by Gasteiger charge is -2.42. The number of benzene rings is 1. The van der Waals surface area contributed by atoms with Gasteiger partial charge in [-0.1, -0.05) is 42.1 Å². The summed E-state index contributed by atoms with van der Waals surface area (Å²) < 4.78 is 37.6. The van der Waals surface area contributed by atoms with Crippen molar-refractivity contribution in [2.75, 3.05) is 12.3 Å². The van der Waals surface area contributed by atoms with Crippen molar-refractivity contribution in [2.24, 2.45) is 0 Å². The summed E-state index contributed by atoms with van der Waals surface area (Å²) in [6.45, 7) is -0.0627. The molecule has 0 radical (unpaired) electrons. The predicted molar refractivity (Wildman–Crippen MR) is 109 cm³/mol. The summed E-state index contributed by atoms with van der Waals surface area (Å²) >= 11 is 0.691. The monoisotopic (exact) mass is 482 g/mol. The fourth-order valence-corrected chi connectivity index (χ4v) is 5.39. The number of aromatic amines is 1. The fourth-order valence-electron chi connectivity index (χ4n) is 3.63. The lowest BCUT2D eigenvalue weighted by Crippen LogP contribution is -2.69. The van der Waals surface area contributed by atoms with Crippen LogP contribution in [0.1, 0.15) is 12.0 Å². The summed E-state index contributed by atoms with van der Waals surface area (Å²) in [7, 11) is -4.73. The summed E-state index contributed by atoms with van der Waals surface area (Å²) in [6, 6.07) is 6.86. The third-order valence-electron chi connectivity index (χ3n) is 5.04. The number of likely N-dealkylation sites (tertiary alicyclic amines) is 1. The number of hydrogen-bond donors (Lipinski definition) is 3. The predicted octanol–water partition coefficient (Wildman–Crippen LogP) is -0.794. The van der Waals surface area contributed by atoms with Crippen molar-refractivity contribution in [1.82, 2.24) is 24.4 Å². The zero-order valence-electron chi connectivity index (χ0n) is 16.3. The van der Waals surface area contributed by atoms with E-state index in [0.717, 1.165) is 4.90 Å². The van der Waals surface area contributed by atoms with Gasteiger partial charge < -0.3 is 15.4 Å². The first kappa shape index (κ1) is 22.0. The molecule has 0 aliphatic carbocycles. The summed E-state index contributed by atoms with van der Waals surface area (Å²) in [5, 5.41) is 4.77. The molecule has 2 saturated heterocycles. The number of H-pyrrole nitrogens is 1. The number of nitrogens with zero attached hydrogens (tertiary/aromatic N) is 4. The van der Waals surface area contributed by atoms with Gasteiger partial charge in [0.05, 0.1) is 6.04 Å². The van der Waals surface area contributed by atoms with Crippen LogP contribution in [-0.2, 0) is 36.0 Å². The van der Waals surface area contributed by atoms with Crippen LogP contribution in [0, 0.1) is 0 Å². The Morgan fingerprint density at radius 2 is 2.06 bits per heavy atom. The lowest BCUT2D eigenvalue weighted by atomic mass is 10.00.